The number of ether oxygens (including phenoxy) is 1. The first-order chi connectivity index (χ1) is 16.7. The summed E-state index contributed by atoms with van der Waals surface area (Å²) < 4.78 is 13.1. The number of benzene rings is 4. The number of para-hydroxylation sites is 2. The Hall–Kier alpha value is -3.30. The van der Waals surface area contributed by atoms with Crippen molar-refractivity contribution in [3.8, 4) is 22.6 Å². The Morgan fingerprint density at radius 3 is 1.80 bits per heavy atom. The molecule has 0 atom stereocenters. The maximum absolute atomic E-state index is 6.66. The maximum atomic E-state index is 6.66. The molecule has 0 bridgehead atoms. The van der Waals surface area contributed by atoms with Gasteiger partial charge in [0.15, 0.2) is 0 Å². The summed E-state index contributed by atoms with van der Waals surface area (Å²) in [7, 11) is 1.89. The van der Waals surface area contributed by atoms with Gasteiger partial charge in [-0.3, -0.25) is 0 Å². The Morgan fingerprint density at radius 1 is 0.629 bits per heavy atom. The minimum atomic E-state index is -0.444. The molecule has 6 rings (SSSR count). The molecule has 0 saturated carbocycles. The second-order valence-corrected chi connectivity index (χ2v) is 11.2. The van der Waals surface area contributed by atoms with Crippen LogP contribution in [0, 0.1) is 5.41 Å². The average molecular weight is 457 g/mol. The van der Waals surface area contributed by atoms with Crippen LogP contribution in [0.1, 0.15) is 56.9 Å². The third kappa shape index (κ3) is 3.08. The average Bonchev–Trinajstić information content (AvgIpc) is 3.14. The molecule has 0 aromatic heterocycles. The van der Waals surface area contributed by atoms with E-state index in [0.29, 0.717) is 0 Å². The van der Waals surface area contributed by atoms with Crippen molar-refractivity contribution in [1.82, 2.24) is 0 Å². The first kappa shape index (κ1) is 22.2. The fraction of sp³-hybridized carbons (Fsp3) is 0.250. The smallest absolute Gasteiger partial charge is 0.334 e. The molecule has 3 heteroatoms. The van der Waals surface area contributed by atoms with Crippen LogP contribution in [0.15, 0.2) is 91.0 Å². The Balaban J connectivity index is 1.61. The summed E-state index contributed by atoms with van der Waals surface area (Å²) in [5.74, 6) is 1.75. The van der Waals surface area contributed by atoms with Gasteiger partial charge in [0.2, 0.25) is 0 Å². The van der Waals surface area contributed by atoms with Crippen molar-refractivity contribution < 1.29 is 9.39 Å². The molecule has 0 amide bonds. The summed E-state index contributed by atoms with van der Waals surface area (Å²) >= 11 is 0. The third-order valence-electron chi connectivity index (χ3n) is 8.19. The number of fused-ring (bicyclic) bond motifs is 9. The molecule has 0 saturated heterocycles. The van der Waals surface area contributed by atoms with E-state index in [0.717, 1.165) is 22.5 Å². The molecular formula is C32H30BO2. The van der Waals surface area contributed by atoms with Gasteiger partial charge in [0.25, 0.3) is 0 Å². The van der Waals surface area contributed by atoms with Gasteiger partial charge < -0.3 is 9.39 Å². The van der Waals surface area contributed by atoms with Crippen molar-refractivity contribution in [2.75, 3.05) is 0 Å². The van der Waals surface area contributed by atoms with Crippen LogP contribution in [-0.2, 0) is 10.1 Å². The molecule has 0 unspecified atom stereocenters. The van der Waals surface area contributed by atoms with Crippen LogP contribution in [0.2, 0.25) is 0 Å². The number of hydrogen-bond donors (Lipinski definition) is 0. The predicted octanol–water partition coefficient (Wildman–Crippen LogP) is 7.24. The van der Waals surface area contributed by atoms with Crippen LogP contribution in [-0.4, -0.2) is 13.1 Å². The Bertz CT molecular complexity index is 1400. The molecule has 1 aliphatic heterocycles. The second kappa shape index (κ2) is 7.60. The van der Waals surface area contributed by atoms with E-state index < -0.39 is 5.41 Å². The number of hydrogen-bond acceptors (Lipinski definition) is 2. The Morgan fingerprint density at radius 2 is 1.17 bits per heavy atom. The van der Waals surface area contributed by atoms with Crippen molar-refractivity contribution in [2.24, 2.45) is 5.41 Å². The van der Waals surface area contributed by atoms with Crippen LogP contribution in [0.25, 0.3) is 11.1 Å². The lowest BCUT2D eigenvalue weighted by atomic mass is 9.64. The molecule has 35 heavy (non-hydrogen) atoms. The van der Waals surface area contributed by atoms with Gasteiger partial charge >= 0.3 is 7.48 Å². The fourth-order valence-electron chi connectivity index (χ4n) is 5.38. The van der Waals surface area contributed by atoms with Crippen molar-refractivity contribution in [3.05, 3.63) is 113 Å². The highest BCUT2D eigenvalue weighted by molar-refractivity contribution is 6.48. The standard InChI is InChI=1S/C32H30BO2/c1-30(2,3)31(4,5)35-33-27-19-12-18-26-29(27)34-28-20-11-10-17-25(28)32(26)23-15-8-6-13-21(23)22-14-7-9-16-24(22)32/h6-20H,1-5H3. The van der Waals surface area contributed by atoms with Gasteiger partial charge in [0.05, 0.1) is 11.0 Å². The predicted molar refractivity (Wildman–Crippen MR) is 144 cm³/mol. The van der Waals surface area contributed by atoms with E-state index in [1.54, 1.807) is 0 Å². The van der Waals surface area contributed by atoms with Crippen LogP contribution in [0.4, 0.5) is 0 Å². The molecule has 173 valence electrons. The highest BCUT2D eigenvalue weighted by Crippen LogP contribution is 2.61. The lowest BCUT2D eigenvalue weighted by molar-refractivity contribution is 0.00499. The monoisotopic (exact) mass is 457 g/mol. The van der Waals surface area contributed by atoms with Gasteiger partial charge in [0.1, 0.15) is 11.5 Å². The summed E-state index contributed by atoms with van der Waals surface area (Å²) in [6.45, 7) is 10.9. The van der Waals surface area contributed by atoms with Crippen molar-refractivity contribution in [2.45, 2.75) is 45.6 Å². The van der Waals surface area contributed by atoms with E-state index in [-0.39, 0.29) is 11.0 Å². The van der Waals surface area contributed by atoms with E-state index in [9.17, 15) is 0 Å². The quantitative estimate of drug-likeness (QED) is 0.261. The Labute approximate surface area is 209 Å². The van der Waals surface area contributed by atoms with Gasteiger partial charge in [-0.1, -0.05) is 106 Å². The van der Waals surface area contributed by atoms with Crippen LogP contribution in [0.3, 0.4) is 0 Å². The summed E-state index contributed by atoms with van der Waals surface area (Å²) in [5, 5.41) is 0. The molecule has 4 aromatic rings. The first-order valence-corrected chi connectivity index (χ1v) is 12.4. The molecule has 2 aliphatic rings. The van der Waals surface area contributed by atoms with Crippen molar-refractivity contribution >= 4 is 12.9 Å². The van der Waals surface area contributed by atoms with Crippen LogP contribution >= 0.6 is 0 Å². The SMILES string of the molecule is CC(C)(C)C(C)(C)O[B]c1cccc2c1Oc1ccccc1C21c2ccccc2-c2ccccc21. The molecule has 1 heterocycles. The second-order valence-electron chi connectivity index (χ2n) is 11.2. The largest absolute Gasteiger partial charge is 0.457 e. The fourth-order valence-corrected chi connectivity index (χ4v) is 5.38. The van der Waals surface area contributed by atoms with Gasteiger partial charge in [-0.15, -0.1) is 0 Å². The first-order valence-electron chi connectivity index (χ1n) is 12.4. The van der Waals surface area contributed by atoms with Crippen molar-refractivity contribution in [3.63, 3.8) is 0 Å². The molecule has 4 aromatic carbocycles. The van der Waals surface area contributed by atoms with E-state index >= 15 is 0 Å². The normalized spacial score (nSPS) is 15.0. The van der Waals surface area contributed by atoms with Gasteiger partial charge in [-0.25, -0.2) is 0 Å². The highest BCUT2D eigenvalue weighted by Gasteiger charge is 2.51. The minimum absolute atomic E-state index is 0.0175. The van der Waals surface area contributed by atoms with Gasteiger partial charge in [0, 0.05) is 11.1 Å². The number of rotatable bonds is 3. The molecule has 0 fully saturated rings. The van der Waals surface area contributed by atoms with Crippen molar-refractivity contribution in [1.29, 1.82) is 0 Å². The highest BCUT2D eigenvalue weighted by atomic mass is 16.5. The minimum Gasteiger partial charge on any atom is -0.457 e. The Kier molecular flexibility index (Phi) is 4.82. The molecule has 0 N–H and O–H groups in total. The van der Waals surface area contributed by atoms with E-state index in [1.807, 2.05) is 7.48 Å². The molecular weight excluding hydrogens is 427 g/mol. The topological polar surface area (TPSA) is 18.5 Å². The van der Waals surface area contributed by atoms with Crippen LogP contribution in [0.5, 0.6) is 11.5 Å². The summed E-state index contributed by atoms with van der Waals surface area (Å²) in [4.78, 5) is 0. The molecule has 1 aliphatic carbocycles. The molecule has 1 radical (unpaired) electrons. The lowest BCUT2D eigenvalue weighted by Gasteiger charge is -2.41. The molecule has 2 nitrogen and oxygen atoms in total. The van der Waals surface area contributed by atoms with E-state index in [2.05, 4.69) is 126 Å². The zero-order valence-electron chi connectivity index (χ0n) is 21.1. The lowest BCUT2D eigenvalue weighted by Crippen LogP contribution is -2.43. The van der Waals surface area contributed by atoms with E-state index in [1.165, 1.54) is 27.8 Å². The van der Waals surface area contributed by atoms with Crippen LogP contribution < -0.4 is 10.2 Å². The van der Waals surface area contributed by atoms with Gasteiger partial charge in [-0.05, 0) is 53.0 Å². The third-order valence-corrected chi connectivity index (χ3v) is 8.19. The zero-order valence-corrected chi connectivity index (χ0v) is 21.1. The maximum Gasteiger partial charge on any atom is 0.334 e. The zero-order chi connectivity index (χ0) is 24.4. The summed E-state index contributed by atoms with van der Waals surface area (Å²) in [5.41, 5.74) is 7.64. The summed E-state index contributed by atoms with van der Waals surface area (Å²) in [6, 6.07) is 32.5. The van der Waals surface area contributed by atoms with Gasteiger partial charge in [-0.2, -0.15) is 0 Å². The molecule has 1 spiro atoms. The van der Waals surface area contributed by atoms with E-state index in [4.69, 9.17) is 9.39 Å². The summed E-state index contributed by atoms with van der Waals surface area (Å²) in [6.07, 6.45) is 0.